The molecule has 1 rings (SSSR count). The first-order chi connectivity index (χ1) is 8.24. The van der Waals surface area contributed by atoms with Crippen molar-refractivity contribution in [3.63, 3.8) is 0 Å². The first kappa shape index (κ1) is 15.1. The Bertz CT molecular complexity index is 481. The van der Waals surface area contributed by atoms with Gasteiger partial charge >= 0.3 is 0 Å². The summed E-state index contributed by atoms with van der Waals surface area (Å²) in [7, 11) is -3.62. The maximum atomic E-state index is 11.1. The van der Waals surface area contributed by atoms with Gasteiger partial charge < -0.3 is 10.4 Å². The molecule has 0 fully saturated rings. The van der Waals surface area contributed by atoms with Gasteiger partial charge in [0.2, 0.25) is 10.0 Å². The van der Waals surface area contributed by atoms with Crippen LogP contribution in [0.1, 0.15) is 19.4 Å². The minimum atomic E-state index is -3.62. The van der Waals surface area contributed by atoms with E-state index < -0.39 is 10.0 Å². The van der Waals surface area contributed by atoms with Crippen molar-refractivity contribution in [1.29, 1.82) is 0 Å². The average Bonchev–Trinajstić information content (AvgIpc) is 2.28. The Labute approximate surface area is 108 Å². The maximum absolute atomic E-state index is 11.1. The number of aliphatic hydroxyl groups excluding tert-OH is 1. The van der Waals surface area contributed by atoms with E-state index in [1.807, 2.05) is 13.8 Å². The number of nitrogens with one attached hydrogen (secondary N) is 1. The van der Waals surface area contributed by atoms with E-state index in [-0.39, 0.29) is 16.9 Å². The molecule has 0 spiro atoms. The summed E-state index contributed by atoms with van der Waals surface area (Å²) in [6.07, 6.45) is 0. The first-order valence-corrected chi connectivity index (χ1v) is 7.22. The van der Waals surface area contributed by atoms with E-state index in [2.05, 4.69) is 5.32 Å². The van der Waals surface area contributed by atoms with Crippen LogP contribution >= 0.6 is 0 Å². The lowest BCUT2D eigenvalue weighted by molar-refractivity contribution is 0.156. The molecule has 6 heteroatoms. The number of primary sulfonamides is 1. The number of sulfonamides is 1. The van der Waals surface area contributed by atoms with Gasteiger partial charge in [-0.1, -0.05) is 26.0 Å². The molecule has 18 heavy (non-hydrogen) atoms. The SMILES string of the molecule is CC(C)(CO)CNCc1ccc(S(N)(=O)=O)cc1. The van der Waals surface area contributed by atoms with E-state index in [1.165, 1.54) is 12.1 Å². The zero-order chi connectivity index (χ0) is 13.8. The molecule has 0 bridgehead atoms. The lowest BCUT2D eigenvalue weighted by Gasteiger charge is -2.21. The number of nitrogens with two attached hydrogens (primary N) is 1. The van der Waals surface area contributed by atoms with Crippen molar-refractivity contribution < 1.29 is 13.5 Å². The molecule has 0 radical (unpaired) electrons. The molecular formula is C12H20N2O3S. The van der Waals surface area contributed by atoms with Gasteiger partial charge in [-0.3, -0.25) is 0 Å². The molecule has 0 aliphatic carbocycles. The third-order valence-corrected chi connectivity index (χ3v) is 3.54. The second-order valence-electron chi connectivity index (χ2n) is 5.11. The van der Waals surface area contributed by atoms with Crippen LogP contribution in [0, 0.1) is 5.41 Å². The summed E-state index contributed by atoms with van der Waals surface area (Å²) >= 11 is 0. The van der Waals surface area contributed by atoms with Gasteiger partial charge in [-0.25, -0.2) is 13.6 Å². The molecule has 0 saturated heterocycles. The fourth-order valence-corrected chi connectivity index (χ4v) is 1.91. The molecule has 0 aliphatic rings. The van der Waals surface area contributed by atoms with E-state index in [0.29, 0.717) is 13.1 Å². The van der Waals surface area contributed by atoms with E-state index in [9.17, 15) is 8.42 Å². The van der Waals surface area contributed by atoms with Crippen LogP contribution in [0.5, 0.6) is 0 Å². The molecule has 0 atom stereocenters. The van der Waals surface area contributed by atoms with Crippen molar-refractivity contribution in [3.8, 4) is 0 Å². The van der Waals surface area contributed by atoms with Crippen LogP contribution in [0.4, 0.5) is 0 Å². The van der Waals surface area contributed by atoms with Gasteiger partial charge in [-0.2, -0.15) is 0 Å². The van der Waals surface area contributed by atoms with Crippen molar-refractivity contribution in [2.75, 3.05) is 13.2 Å². The molecule has 4 N–H and O–H groups in total. The Hall–Kier alpha value is -0.950. The summed E-state index contributed by atoms with van der Waals surface area (Å²) < 4.78 is 22.1. The number of rotatable bonds is 6. The third kappa shape index (κ3) is 4.73. The predicted molar refractivity (Wildman–Crippen MR) is 70.4 cm³/mol. The Morgan fingerprint density at radius 2 is 1.83 bits per heavy atom. The molecular weight excluding hydrogens is 252 g/mol. The van der Waals surface area contributed by atoms with Gasteiger partial charge in [0.15, 0.2) is 0 Å². The normalized spacial score (nSPS) is 12.7. The smallest absolute Gasteiger partial charge is 0.238 e. The van der Waals surface area contributed by atoms with Crippen LogP contribution in [0.25, 0.3) is 0 Å². The molecule has 0 saturated carbocycles. The number of aliphatic hydroxyl groups is 1. The molecule has 102 valence electrons. The highest BCUT2D eigenvalue weighted by molar-refractivity contribution is 7.89. The van der Waals surface area contributed by atoms with E-state index >= 15 is 0 Å². The zero-order valence-corrected chi connectivity index (χ0v) is 11.5. The van der Waals surface area contributed by atoms with Crippen molar-refractivity contribution in [2.24, 2.45) is 10.6 Å². The molecule has 0 amide bonds. The van der Waals surface area contributed by atoms with Crippen LogP contribution in [0.2, 0.25) is 0 Å². The van der Waals surface area contributed by atoms with Crippen LogP contribution < -0.4 is 10.5 Å². The minimum absolute atomic E-state index is 0.113. The van der Waals surface area contributed by atoms with E-state index in [1.54, 1.807) is 12.1 Å². The predicted octanol–water partition coefficient (Wildman–Crippen LogP) is 0.442. The summed E-state index contributed by atoms with van der Waals surface area (Å²) in [5, 5.41) is 17.3. The molecule has 1 aromatic carbocycles. The highest BCUT2D eigenvalue weighted by Gasteiger charge is 2.15. The summed E-state index contributed by atoms with van der Waals surface area (Å²) in [5.74, 6) is 0. The maximum Gasteiger partial charge on any atom is 0.238 e. The Kier molecular flexibility index (Phi) is 4.86. The zero-order valence-electron chi connectivity index (χ0n) is 10.7. The lowest BCUT2D eigenvalue weighted by atomic mass is 9.95. The fraction of sp³-hybridized carbons (Fsp3) is 0.500. The molecule has 0 unspecified atom stereocenters. The Morgan fingerprint density at radius 1 is 1.28 bits per heavy atom. The monoisotopic (exact) mass is 272 g/mol. The van der Waals surface area contributed by atoms with Crippen LogP contribution in [-0.2, 0) is 16.6 Å². The van der Waals surface area contributed by atoms with Gasteiger partial charge in [-0.15, -0.1) is 0 Å². The summed E-state index contributed by atoms with van der Waals surface area (Å²) in [5.41, 5.74) is 0.803. The molecule has 0 aromatic heterocycles. The van der Waals surface area contributed by atoms with Crippen molar-refractivity contribution in [1.82, 2.24) is 5.32 Å². The van der Waals surface area contributed by atoms with Gasteiger partial charge in [0, 0.05) is 25.1 Å². The van der Waals surface area contributed by atoms with Crippen molar-refractivity contribution in [2.45, 2.75) is 25.3 Å². The molecule has 5 nitrogen and oxygen atoms in total. The standard InChI is InChI=1S/C12H20N2O3S/c1-12(2,9-15)8-14-7-10-3-5-11(6-4-10)18(13,16)17/h3-6,14-15H,7-9H2,1-2H3,(H2,13,16,17). The minimum Gasteiger partial charge on any atom is -0.396 e. The quantitative estimate of drug-likeness (QED) is 0.700. The summed E-state index contributed by atoms with van der Waals surface area (Å²) in [4.78, 5) is 0.113. The van der Waals surface area contributed by atoms with Crippen LogP contribution in [0.3, 0.4) is 0 Å². The van der Waals surface area contributed by atoms with Crippen LogP contribution in [0.15, 0.2) is 29.2 Å². The highest BCUT2D eigenvalue weighted by Crippen LogP contribution is 2.12. The van der Waals surface area contributed by atoms with Gasteiger partial charge in [0.1, 0.15) is 0 Å². The van der Waals surface area contributed by atoms with Gasteiger partial charge in [-0.05, 0) is 17.7 Å². The first-order valence-electron chi connectivity index (χ1n) is 5.68. The summed E-state index contributed by atoms with van der Waals surface area (Å²) in [6.45, 7) is 5.34. The molecule has 0 heterocycles. The van der Waals surface area contributed by atoms with Gasteiger partial charge in [0.25, 0.3) is 0 Å². The highest BCUT2D eigenvalue weighted by atomic mass is 32.2. The third-order valence-electron chi connectivity index (χ3n) is 2.61. The fourth-order valence-electron chi connectivity index (χ4n) is 1.40. The molecule has 0 aliphatic heterocycles. The average molecular weight is 272 g/mol. The Balaban J connectivity index is 2.55. The summed E-state index contributed by atoms with van der Waals surface area (Å²) in [6, 6.07) is 6.42. The van der Waals surface area contributed by atoms with E-state index in [0.717, 1.165) is 5.56 Å². The van der Waals surface area contributed by atoms with Gasteiger partial charge in [0.05, 0.1) is 4.90 Å². The number of hydrogen-bond acceptors (Lipinski definition) is 4. The largest absolute Gasteiger partial charge is 0.396 e. The second-order valence-corrected chi connectivity index (χ2v) is 6.68. The molecule has 1 aromatic rings. The lowest BCUT2D eigenvalue weighted by Crippen LogP contribution is -2.31. The van der Waals surface area contributed by atoms with E-state index in [4.69, 9.17) is 10.2 Å². The number of benzene rings is 1. The van der Waals surface area contributed by atoms with Crippen molar-refractivity contribution in [3.05, 3.63) is 29.8 Å². The Morgan fingerprint density at radius 3 is 2.28 bits per heavy atom. The second kappa shape index (κ2) is 5.79. The van der Waals surface area contributed by atoms with Crippen molar-refractivity contribution >= 4 is 10.0 Å². The number of hydrogen-bond donors (Lipinski definition) is 3. The van der Waals surface area contributed by atoms with Crippen LogP contribution in [-0.4, -0.2) is 26.7 Å². The topological polar surface area (TPSA) is 92.4 Å².